The van der Waals surface area contributed by atoms with Crippen molar-refractivity contribution in [3.8, 4) is 11.5 Å². The lowest BCUT2D eigenvalue weighted by Crippen LogP contribution is -2.33. The van der Waals surface area contributed by atoms with Crippen LogP contribution in [0.25, 0.3) is 0 Å². The second-order valence-electron chi connectivity index (χ2n) is 4.49. The van der Waals surface area contributed by atoms with Crippen LogP contribution in [-0.4, -0.2) is 21.6 Å². The molecule has 0 radical (unpaired) electrons. The number of sulfonamides is 1. The zero-order valence-corrected chi connectivity index (χ0v) is 12.9. The molecule has 0 unspecified atom stereocenters. The first-order valence-corrected chi connectivity index (χ1v) is 7.84. The van der Waals surface area contributed by atoms with Gasteiger partial charge < -0.3 is 9.47 Å². The van der Waals surface area contributed by atoms with Crippen molar-refractivity contribution < 1.29 is 22.7 Å². The molecule has 0 atom stereocenters. The lowest BCUT2D eigenvalue weighted by molar-refractivity contribution is 0.206. The Labute approximate surface area is 128 Å². The number of aryl methyl sites for hydroxylation is 1. The molecule has 6 nitrogen and oxygen atoms in total. The molecule has 0 aliphatic rings. The van der Waals surface area contributed by atoms with Crippen LogP contribution < -0.4 is 14.2 Å². The number of carbonyl (C=O) groups is 1. The van der Waals surface area contributed by atoms with Crippen LogP contribution in [0.15, 0.2) is 53.4 Å². The molecular weight excluding hydrogens is 306 g/mol. The van der Waals surface area contributed by atoms with Crippen LogP contribution in [0.5, 0.6) is 11.5 Å². The Hall–Kier alpha value is -2.54. The highest BCUT2D eigenvalue weighted by Crippen LogP contribution is 2.19. The maximum atomic E-state index is 12.0. The molecule has 0 aliphatic carbocycles. The van der Waals surface area contributed by atoms with E-state index in [0.717, 1.165) is 5.56 Å². The monoisotopic (exact) mass is 321 g/mol. The number of rotatable bonds is 4. The van der Waals surface area contributed by atoms with Gasteiger partial charge in [0.15, 0.2) is 0 Å². The van der Waals surface area contributed by atoms with E-state index in [1.54, 1.807) is 24.3 Å². The van der Waals surface area contributed by atoms with Gasteiger partial charge in [-0.25, -0.2) is 17.9 Å². The van der Waals surface area contributed by atoms with Gasteiger partial charge in [-0.3, -0.25) is 0 Å². The van der Waals surface area contributed by atoms with E-state index in [9.17, 15) is 13.2 Å². The van der Waals surface area contributed by atoms with Gasteiger partial charge in [-0.1, -0.05) is 23.8 Å². The van der Waals surface area contributed by atoms with Gasteiger partial charge in [0.25, 0.3) is 10.0 Å². The second kappa shape index (κ2) is 6.48. The van der Waals surface area contributed by atoms with Crippen molar-refractivity contribution in [1.29, 1.82) is 0 Å². The Bertz CT molecular complexity index is 769. The van der Waals surface area contributed by atoms with Crippen molar-refractivity contribution in [2.24, 2.45) is 0 Å². The number of nitrogens with one attached hydrogen (secondary N) is 1. The van der Waals surface area contributed by atoms with Gasteiger partial charge in [-0.2, -0.15) is 0 Å². The Kier molecular flexibility index (Phi) is 4.67. The van der Waals surface area contributed by atoms with Crippen LogP contribution >= 0.6 is 0 Å². The fraction of sp³-hybridized carbons (Fsp3) is 0.133. The van der Waals surface area contributed by atoms with Gasteiger partial charge in [0.05, 0.1) is 12.0 Å². The number of carbonyl (C=O) groups excluding carboxylic acids is 1. The first-order chi connectivity index (χ1) is 10.4. The van der Waals surface area contributed by atoms with Crippen LogP contribution in [0, 0.1) is 6.92 Å². The summed E-state index contributed by atoms with van der Waals surface area (Å²) in [6, 6.07) is 12.4. The normalized spacial score (nSPS) is 10.8. The Morgan fingerprint density at radius 1 is 1.05 bits per heavy atom. The highest BCUT2D eigenvalue weighted by atomic mass is 32.2. The molecule has 22 heavy (non-hydrogen) atoms. The molecule has 0 aliphatic heterocycles. The number of hydrogen-bond acceptors (Lipinski definition) is 5. The van der Waals surface area contributed by atoms with E-state index in [1.807, 2.05) is 11.6 Å². The summed E-state index contributed by atoms with van der Waals surface area (Å²) in [4.78, 5) is 11.7. The smallest absolute Gasteiger partial charge is 0.426 e. The minimum Gasteiger partial charge on any atom is -0.497 e. The molecule has 2 aromatic carbocycles. The van der Waals surface area contributed by atoms with Gasteiger partial charge in [0.2, 0.25) is 0 Å². The van der Waals surface area contributed by atoms with E-state index in [-0.39, 0.29) is 10.6 Å². The van der Waals surface area contributed by atoms with Gasteiger partial charge in [0, 0.05) is 6.07 Å². The summed E-state index contributed by atoms with van der Waals surface area (Å²) in [7, 11) is -2.49. The molecule has 0 saturated carbocycles. The molecule has 0 aromatic heterocycles. The van der Waals surface area contributed by atoms with Crippen LogP contribution in [0.1, 0.15) is 5.56 Å². The van der Waals surface area contributed by atoms with Crippen molar-refractivity contribution in [1.82, 2.24) is 4.72 Å². The topological polar surface area (TPSA) is 81.7 Å². The minimum absolute atomic E-state index is 0.0132. The Morgan fingerprint density at radius 3 is 2.32 bits per heavy atom. The summed E-state index contributed by atoms with van der Waals surface area (Å²) in [5.41, 5.74) is 0.915. The van der Waals surface area contributed by atoms with Crippen LogP contribution in [0.3, 0.4) is 0 Å². The zero-order valence-electron chi connectivity index (χ0n) is 12.1. The van der Waals surface area contributed by atoms with Gasteiger partial charge in [0.1, 0.15) is 11.5 Å². The van der Waals surface area contributed by atoms with Crippen molar-refractivity contribution in [2.75, 3.05) is 7.11 Å². The van der Waals surface area contributed by atoms with E-state index in [2.05, 4.69) is 0 Å². The molecule has 0 spiro atoms. The molecule has 7 heteroatoms. The summed E-state index contributed by atoms with van der Waals surface area (Å²) in [6.45, 7) is 1.83. The highest BCUT2D eigenvalue weighted by Gasteiger charge is 2.18. The Morgan fingerprint density at radius 2 is 1.68 bits per heavy atom. The molecule has 0 fully saturated rings. The number of hydrogen-bond donors (Lipinski definition) is 1. The number of ether oxygens (including phenoxy) is 2. The van der Waals surface area contributed by atoms with E-state index < -0.39 is 16.1 Å². The molecular formula is C15H15NO5S. The summed E-state index contributed by atoms with van der Waals surface area (Å²) < 4.78 is 35.8. The van der Waals surface area contributed by atoms with Crippen molar-refractivity contribution >= 4 is 16.1 Å². The number of amides is 1. The fourth-order valence-electron chi connectivity index (χ4n) is 1.68. The minimum atomic E-state index is -3.97. The molecule has 0 bridgehead atoms. The van der Waals surface area contributed by atoms with Gasteiger partial charge in [-0.05, 0) is 31.2 Å². The Balaban J connectivity index is 2.09. The molecule has 0 saturated heterocycles. The van der Waals surface area contributed by atoms with E-state index in [1.165, 1.54) is 31.4 Å². The van der Waals surface area contributed by atoms with Crippen LogP contribution in [0.4, 0.5) is 4.79 Å². The number of benzene rings is 2. The lowest BCUT2D eigenvalue weighted by Gasteiger charge is -2.08. The summed E-state index contributed by atoms with van der Waals surface area (Å²) in [5, 5.41) is 0. The van der Waals surface area contributed by atoms with E-state index >= 15 is 0 Å². The summed E-state index contributed by atoms with van der Waals surface area (Å²) in [6.07, 6.45) is -1.09. The van der Waals surface area contributed by atoms with Crippen molar-refractivity contribution in [3.05, 3.63) is 54.1 Å². The van der Waals surface area contributed by atoms with Crippen molar-refractivity contribution in [2.45, 2.75) is 11.8 Å². The molecule has 2 aromatic rings. The van der Waals surface area contributed by atoms with E-state index in [4.69, 9.17) is 9.47 Å². The average Bonchev–Trinajstić information content (AvgIpc) is 2.47. The molecule has 116 valence electrons. The first-order valence-electron chi connectivity index (χ1n) is 6.36. The number of methoxy groups -OCH3 is 1. The summed E-state index contributed by atoms with van der Waals surface area (Å²) >= 11 is 0. The van der Waals surface area contributed by atoms with Crippen molar-refractivity contribution in [3.63, 3.8) is 0 Å². The fourth-order valence-corrected chi connectivity index (χ4v) is 2.55. The first kappa shape index (κ1) is 15.8. The maximum Gasteiger partial charge on any atom is 0.426 e. The van der Waals surface area contributed by atoms with E-state index in [0.29, 0.717) is 5.75 Å². The predicted octanol–water partition coefficient (Wildman–Crippen LogP) is 2.48. The highest BCUT2D eigenvalue weighted by molar-refractivity contribution is 7.90. The van der Waals surface area contributed by atoms with Crippen LogP contribution in [-0.2, 0) is 10.0 Å². The largest absolute Gasteiger partial charge is 0.497 e. The molecule has 1 N–H and O–H groups in total. The summed E-state index contributed by atoms with van der Waals surface area (Å²) in [5.74, 6) is 0.669. The zero-order chi connectivity index (χ0) is 16.2. The molecule has 2 rings (SSSR count). The predicted molar refractivity (Wildman–Crippen MR) is 80.5 cm³/mol. The molecule has 1 amide bonds. The lowest BCUT2D eigenvalue weighted by atomic mass is 10.2. The molecule has 0 heterocycles. The standard InChI is InChI=1S/C15H15NO5S/c1-11-6-8-14(9-7-11)22(18,19)16-15(17)21-13-5-3-4-12(10-13)20-2/h3-10H,1-2H3,(H,16,17). The van der Waals surface area contributed by atoms with Gasteiger partial charge in [-0.15, -0.1) is 0 Å². The van der Waals surface area contributed by atoms with Gasteiger partial charge >= 0.3 is 6.09 Å². The third-order valence-corrected chi connectivity index (χ3v) is 4.13. The quantitative estimate of drug-likeness (QED) is 0.935. The SMILES string of the molecule is COc1cccc(OC(=O)NS(=O)(=O)c2ccc(C)cc2)c1. The third-order valence-electron chi connectivity index (χ3n) is 2.80. The average molecular weight is 321 g/mol. The third kappa shape index (κ3) is 3.98. The maximum absolute atomic E-state index is 12.0. The second-order valence-corrected chi connectivity index (χ2v) is 6.17. The van der Waals surface area contributed by atoms with Crippen LogP contribution in [0.2, 0.25) is 0 Å².